The SMILES string of the molecule is CC(C)(C)/C=C/c1ccc(CC(Cc2ccc(C(=O)NCCS(=O)(=O)O)cc2)C(=O)Nc2ccc(-c3cc4ccccc4o3)cc2)cc1. The molecule has 1 aromatic heterocycles. The summed E-state index contributed by atoms with van der Waals surface area (Å²) < 4.78 is 36.8. The molecule has 0 spiro atoms. The van der Waals surface area contributed by atoms with Gasteiger partial charge in [0.15, 0.2) is 0 Å². The molecule has 0 aliphatic heterocycles. The first-order valence-corrected chi connectivity index (χ1v) is 17.4. The molecule has 1 atom stereocenters. The Morgan fingerprint density at radius 1 is 0.854 bits per heavy atom. The third-order valence-electron chi connectivity index (χ3n) is 7.81. The summed E-state index contributed by atoms with van der Waals surface area (Å²) in [5.41, 5.74) is 5.79. The van der Waals surface area contributed by atoms with E-state index in [0.717, 1.165) is 39.0 Å². The van der Waals surface area contributed by atoms with Crippen LogP contribution in [0.5, 0.6) is 0 Å². The van der Waals surface area contributed by atoms with Gasteiger partial charge in [-0.1, -0.05) is 87.5 Å². The number of furan rings is 1. The smallest absolute Gasteiger partial charge is 0.266 e. The van der Waals surface area contributed by atoms with E-state index in [0.29, 0.717) is 24.1 Å². The van der Waals surface area contributed by atoms with Crippen molar-refractivity contribution in [1.82, 2.24) is 5.32 Å². The van der Waals surface area contributed by atoms with Crippen molar-refractivity contribution in [2.24, 2.45) is 11.3 Å². The third kappa shape index (κ3) is 10.0. The molecular formula is C39H40N2O6S. The van der Waals surface area contributed by atoms with Crippen LogP contribution in [0.4, 0.5) is 5.69 Å². The first kappa shape index (κ1) is 34.3. The topological polar surface area (TPSA) is 126 Å². The molecule has 0 saturated carbocycles. The summed E-state index contributed by atoms with van der Waals surface area (Å²) in [7, 11) is -4.17. The summed E-state index contributed by atoms with van der Waals surface area (Å²) in [6.07, 6.45) is 5.20. The number of nitrogens with one attached hydrogen (secondary N) is 2. The maximum absolute atomic E-state index is 13.8. The van der Waals surface area contributed by atoms with E-state index in [9.17, 15) is 18.0 Å². The van der Waals surface area contributed by atoms with E-state index >= 15 is 0 Å². The molecule has 8 nitrogen and oxygen atoms in total. The van der Waals surface area contributed by atoms with E-state index in [4.69, 9.17) is 8.97 Å². The molecule has 0 aliphatic carbocycles. The fourth-order valence-corrected chi connectivity index (χ4v) is 5.57. The van der Waals surface area contributed by atoms with E-state index in [-0.39, 0.29) is 17.9 Å². The quantitative estimate of drug-likeness (QED) is 0.117. The number of anilines is 1. The largest absolute Gasteiger partial charge is 0.456 e. The Hall–Kier alpha value is -4.99. The lowest BCUT2D eigenvalue weighted by atomic mass is 9.90. The summed E-state index contributed by atoms with van der Waals surface area (Å²) in [4.78, 5) is 26.2. The van der Waals surface area contributed by atoms with Crippen LogP contribution < -0.4 is 10.6 Å². The van der Waals surface area contributed by atoms with Crippen molar-refractivity contribution < 1.29 is 27.0 Å². The highest BCUT2D eigenvalue weighted by molar-refractivity contribution is 7.85. The van der Waals surface area contributed by atoms with Crippen LogP contribution in [0.1, 0.15) is 47.8 Å². The summed E-state index contributed by atoms with van der Waals surface area (Å²) in [6, 6.07) is 32.5. The fraction of sp³-hybridized carbons (Fsp3) is 0.231. The van der Waals surface area contributed by atoms with Gasteiger partial charge in [-0.15, -0.1) is 0 Å². The molecule has 3 N–H and O–H groups in total. The van der Waals surface area contributed by atoms with Gasteiger partial charge in [-0.25, -0.2) is 0 Å². The molecule has 0 aliphatic rings. The number of amides is 2. The van der Waals surface area contributed by atoms with Gasteiger partial charge in [0.2, 0.25) is 5.91 Å². The highest BCUT2D eigenvalue weighted by atomic mass is 32.2. The van der Waals surface area contributed by atoms with Crippen LogP contribution in [-0.2, 0) is 27.8 Å². The molecule has 48 heavy (non-hydrogen) atoms. The number of hydrogen-bond acceptors (Lipinski definition) is 5. The molecule has 5 rings (SSSR count). The molecule has 5 aromatic rings. The first-order valence-electron chi connectivity index (χ1n) is 15.8. The van der Waals surface area contributed by atoms with Crippen molar-refractivity contribution in [3.05, 3.63) is 131 Å². The fourth-order valence-electron chi connectivity index (χ4n) is 5.21. The van der Waals surface area contributed by atoms with Crippen molar-refractivity contribution in [1.29, 1.82) is 0 Å². The number of para-hydroxylation sites is 1. The second-order valence-corrected chi connectivity index (χ2v) is 14.6. The van der Waals surface area contributed by atoms with Crippen LogP contribution in [0.15, 0.2) is 114 Å². The number of hydrogen-bond donors (Lipinski definition) is 3. The number of carbonyl (C=O) groups is 2. The minimum Gasteiger partial charge on any atom is -0.456 e. The Morgan fingerprint density at radius 3 is 2.08 bits per heavy atom. The average Bonchev–Trinajstić information content (AvgIpc) is 3.48. The standard InChI is InChI=1S/C39H40N2O6S/c1-39(2,3)21-20-27-8-10-28(11-9-27)24-33(25-29-12-14-31(15-13-29)37(42)40-22-23-48(44,45)46)38(43)41-34-18-16-30(17-19-34)36-26-32-6-4-5-7-35(32)47-36/h4-21,26,33H,22-25H2,1-3H3,(H,40,42)(H,41,43)(H,44,45,46)/b21-20+. The van der Waals surface area contributed by atoms with Crippen LogP contribution in [0.25, 0.3) is 28.4 Å². The zero-order valence-corrected chi connectivity index (χ0v) is 28.1. The molecule has 248 valence electrons. The van der Waals surface area contributed by atoms with Gasteiger partial charge in [-0.05, 0) is 83.5 Å². The normalized spacial score (nSPS) is 12.7. The van der Waals surface area contributed by atoms with Gasteiger partial charge in [0.25, 0.3) is 16.0 Å². The lowest BCUT2D eigenvalue weighted by Crippen LogP contribution is -2.29. The summed E-state index contributed by atoms with van der Waals surface area (Å²) >= 11 is 0. The van der Waals surface area contributed by atoms with Gasteiger partial charge in [-0.2, -0.15) is 8.42 Å². The molecule has 0 saturated heterocycles. The third-order valence-corrected chi connectivity index (χ3v) is 8.53. The molecule has 4 aromatic carbocycles. The van der Waals surface area contributed by atoms with Crippen LogP contribution >= 0.6 is 0 Å². The van der Waals surface area contributed by atoms with Crippen LogP contribution in [0, 0.1) is 11.3 Å². The van der Waals surface area contributed by atoms with Crippen LogP contribution in [-0.4, -0.2) is 37.1 Å². The highest BCUT2D eigenvalue weighted by Crippen LogP contribution is 2.29. The van der Waals surface area contributed by atoms with Crippen molar-refractivity contribution in [3.8, 4) is 11.3 Å². The van der Waals surface area contributed by atoms with E-state index in [2.05, 4.69) is 55.7 Å². The minimum absolute atomic E-state index is 0.0718. The van der Waals surface area contributed by atoms with E-state index in [1.54, 1.807) is 24.3 Å². The predicted molar refractivity (Wildman–Crippen MR) is 191 cm³/mol. The van der Waals surface area contributed by atoms with E-state index in [1.807, 2.05) is 66.7 Å². The van der Waals surface area contributed by atoms with Crippen LogP contribution in [0.2, 0.25) is 0 Å². The summed E-state index contributed by atoms with van der Waals surface area (Å²) in [5, 5.41) is 6.60. The Morgan fingerprint density at radius 2 is 1.48 bits per heavy atom. The number of allylic oxidation sites excluding steroid dienone is 1. The van der Waals surface area contributed by atoms with Gasteiger partial charge in [0, 0.05) is 34.7 Å². The maximum atomic E-state index is 13.8. The molecule has 2 amide bonds. The lowest BCUT2D eigenvalue weighted by Gasteiger charge is -2.18. The second-order valence-electron chi connectivity index (χ2n) is 13.0. The number of rotatable bonds is 12. The Bertz CT molecular complexity index is 1970. The van der Waals surface area contributed by atoms with Gasteiger partial charge < -0.3 is 15.1 Å². The number of carbonyl (C=O) groups excluding carboxylic acids is 2. The molecular weight excluding hydrogens is 625 g/mol. The predicted octanol–water partition coefficient (Wildman–Crippen LogP) is 7.82. The van der Waals surface area contributed by atoms with Crippen molar-refractivity contribution >= 4 is 44.7 Å². The Kier molecular flexibility index (Phi) is 10.6. The van der Waals surface area contributed by atoms with Gasteiger partial charge >= 0.3 is 0 Å². The van der Waals surface area contributed by atoms with E-state index < -0.39 is 27.7 Å². The van der Waals surface area contributed by atoms with Crippen molar-refractivity contribution in [2.45, 2.75) is 33.6 Å². The molecule has 1 heterocycles. The molecule has 9 heteroatoms. The lowest BCUT2D eigenvalue weighted by molar-refractivity contribution is -0.119. The van der Waals surface area contributed by atoms with Gasteiger partial charge in [0.1, 0.15) is 11.3 Å². The van der Waals surface area contributed by atoms with Crippen molar-refractivity contribution in [2.75, 3.05) is 17.6 Å². The molecule has 0 bridgehead atoms. The van der Waals surface area contributed by atoms with E-state index in [1.165, 1.54) is 0 Å². The average molecular weight is 665 g/mol. The highest BCUT2D eigenvalue weighted by Gasteiger charge is 2.21. The number of fused-ring (bicyclic) bond motifs is 1. The van der Waals surface area contributed by atoms with Gasteiger partial charge in [0.05, 0.1) is 5.75 Å². The van der Waals surface area contributed by atoms with Crippen LogP contribution in [0.3, 0.4) is 0 Å². The van der Waals surface area contributed by atoms with Gasteiger partial charge in [-0.3, -0.25) is 14.1 Å². The summed E-state index contributed by atoms with van der Waals surface area (Å²) in [5.74, 6) is -0.806. The Balaban J connectivity index is 1.30. The minimum atomic E-state index is -4.17. The molecule has 0 fully saturated rings. The van der Waals surface area contributed by atoms with Crippen molar-refractivity contribution in [3.63, 3.8) is 0 Å². The zero-order chi connectivity index (χ0) is 34.3. The Labute approximate surface area is 281 Å². The first-order chi connectivity index (χ1) is 22.8. The number of benzene rings is 4. The molecule has 0 radical (unpaired) electrons. The summed E-state index contributed by atoms with van der Waals surface area (Å²) in [6.45, 7) is 6.24. The maximum Gasteiger partial charge on any atom is 0.266 e. The molecule has 1 unspecified atom stereocenters. The monoisotopic (exact) mass is 664 g/mol. The zero-order valence-electron chi connectivity index (χ0n) is 27.3. The second kappa shape index (κ2) is 14.8.